The monoisotopic (exact) mass is 253 g/mol. The van der Waals surface area contributed by atoms with Crippen LogP contribution in [0.25, 0.3) is 0 Å². The second kappa shape index (κ2) is 7.08. The molecule has 1 heterocycles. The van der Waals surface area contributed by atoms with Gasteiger partial charge in [0.05, 0.1) is 12.2 Å². The molecule has 1 aromatic heterocycles. The summed E-state index contributed by atoms with van der Waals surface area (Å²) in [5.74, 6) is -0.418. The molecule has 0 amide bonds. The lowest BCUT2D eigenvalue weighted by Crippen LogP contribution is -2.28. The SMILES string of the molecule is COCOC(C)(C)CCOC(=O)c1ccccn1. The molecule has 0 fully saturated rings. The van der Waals surface area contributed by atoms with Crippen molar-refractivity contribution in [3.63, 3.8) is 0 Å². The maximum absolute atomic E-state index is 11.6. The Hall–Kier alpha value is -1.46. The van der Waals surface area contributed by atoms with E-state index < -0.39 is 5.97 Å². The summed E-state index contributed by atoms with van der Waals surface area (Å²) in [5.41, 5.74) is -0.0754. The van der Waals surface area contributed by atoms with Gasteiger partial charge in [-0.05, 0) is 26.0 Å². The van der Waals surface area contributed by atoms with Crippen molar-refractivity contribution < 1.29 is 19.0 Å². The molecule has 0 N–H and O–H groups in total. The van der Waals surface area contributed by atoms with Gasteiger partial charge in [0.15, 0.2) is 0 Å². The molecule has 1 rings (SSSR count). The predicted molar refractivity (Wildman–Crippen MR) is 66.2 cm³/mol. The molecule has 0 aliphatic rings. The Balaban J connectivity index is 2.31. The van der Waals surface area contributed by atoms with Gasteiger partial charge in [-0.25, -0.2) is 9.78 Å². The number of aromatic nitrogens is 1. The van der Waals surface area contributed by atoms with Crippen molar-refractivity contribution >= 4 is 5.97 Å². The van der Waals surface area contributed by atoms with E-state index in [0.29, 0.717) is 12.1 Å². The molecule has 0 unspecified atom stereocenters. The number of hydrogen-bond acceptors (Lipinski definition) is 5. The van der Waals surface area contributed by atoms with Gasteiger partial charge in [-0.15, -0.1) is 0 Å². The average Bonchev–Trinajstić information content (AvgIpc) is 2.37. The number of hydrogen-bond donors (Lipinski definition) is 0. The summed E-state index contributed by atoms with van der Waals surface area (Å²) in [4.78, 5) is 15.5. The van der Waals surface area contributed by atoms with Crippen LogP contribution in [0.2, 0.25) is 0 Å². The molecule has 0 saturated heterocycles. The minimum Gasteiger partial charge on any atom is -0.461 e. The van der Waals surface area contributed by atoms with Crippen molar-refractivity contribution in [2.24, 2.45) is 0 Å². The Morgan fingerprint density at radius 2 is 2.17 bits per heavy atom. The molecule has 1 aromatic rings. The van der Waals surface area contributed by atoms with Crippen molar-refractivity contribution in [2.75, 3.05) is 20.5 Å². The molecule has 5 heteroatoms. The van der Waals surface area contributed by atoms with E-state index >= 15 is 0 Å². The standard InChI is InChI=1S/C13H19NO4/c1-13(2,18-10-16-3)7-9-17-12(15)11-6-4-5-8-14-11/h4-6,8H,7,9-10H2,1-3H3. The van der Waals surface area contributed by atoms with Gasteiger partial charge in [-0.2, -0.15) is 0 Å². The summed E-state index contributed by atoms with van der Waals surface area (Å²) < 4.78 is 15.4. The summed E-state index contributed by atoms with van der Waals surface area (Å²) in [5, 5.41) is 0. The predicted octanol–water partition coefficient (Wildman–Crippen LogP) is 2.03. The largest absolute Gasteiger partial charge is 0.461 e. The first-order valence-electron chi connectivity index (χ1n) is 5.76. The molecular formula is C13H19NO4. The molecule has 0 spiro atoms. The molecule has 0 aromatic carbocycles. The Labute approximate surface area is 107 Å². The molecule has 0 radical (unpaired) electrons. The summed E-state index contributed by atoms with van der Waals surface area (Å²) >= 11 is 0. The minimum atomic E-state index is -0.418. The Morgan fingerprint density at radius 3 is 2.78 bits per heavy atom. The third-order valence-electron chi connectivity index (χ3n) is 2.38. The van der Waals surface area contributed by atoms with E-state index in [1.54, 1.807) is 31.5 Å². The fourth-order valence-corrected chi connectivity index (χ4v) is 1.24. The zero-order chi connectivity index (χ0) is 13.4. The van der Waals surface area contributed by atoms with Crippen LogP contribution < -0.4 is 0 Å². The minimum absolute atomic E-state index is 0.223. The highest BCUT2D eigenvalue weighted by Crippen LogP contribution is 2.14. The Kier molecular flexibility index (Phi) is 5.74. The van der Waals surface area contributed by atoms with E-state index in [2.05, 4.69) is 4.98 Å². The van der Waals surface area contributed by atoms with Crippen LogP contribution >= 0.6 is 0 Å². The number of nitrogens with zero attached hydrogens (tertiary/aromatic N) is 1. The van der Waals surface area contributed by atoms with Crippen LogP contribution in [0, 0.1) is 0 Å². The van der Waals surface area contributed by atoms with Gasteiger partial charge in [0.1, 0.15) is 12.5 Å². The number of ether oxygens (including phenoxy) is 3. The van der Waals surface area contributed by atoms with Crippen molar-refractivity contribution in [1.29, 1.82) is 0 Å². The average molecular weight is 253 g/mol. The van der Waals surface area contributed by atoms with Crippen molar-refractivity contribution in [3.8, 4) is 0 Å². The molecule has 0 saturated carbocycles. The van der Waals surface area contributed by atoms with Gasteiger partial charge >= 0.3 is 5.97 Å². The first-order chi connectivity index (χ1) is 8.55. The van der Waals surface area contributed by atoms with Crippen molar-refractivity contribution in [2.45, 2.75) is 25.9 Å². The lowest BCUT2D eigenvalue weighted by atomic mass is 10.1. The number of pyridine rings is 1. The van der Waals surface area contributed by atoms with E-state index in [9.17, 15) is 4.79 Å². The quantitative estimate of drug-likeness (QED) is 0.549. The highest BCUT2D eigenvalue weighted by Gasteiger charge is 2.19. The summed E-state index contributed by atoms with van der Waals surface area (Å²) in [6, 6.07) is 5.11. The van der Waals surface area contributed by atoms with Crippen molar-refractivity contribution in [3.05, 3.63) is 30.1 Å². The topological polar surface area (TPSA) is 57.7 Å². The summed E-state index contributed by atoms with van der Waals surface area (Å²) in [7, 11) is 1.57. The fraction of sp³-hybridized carbons (Fsp3) is 0.538. The first-order valence-corrected chi connectivity index (χ1v) is 5.76. The van der Waals surface area contributed by atoms with Crippen molar-refractivity contribution in [1.82, 2.24) is 4.98 Å². The van der Waals surface area contributed by atoms with E-state index in [0.717, 1.165) is 0 Å². The highest BCUT2D eigenvalue weighted by molar-refractivity contribution is 5.87. The van der Waals surface area contributed by atoms with Gasteiger partial charge in [-0.1, -0.05) is 6.07 Å². The first kappa shape index (κ1) is 14.6. The van der Waals surface area contributed by atoms with Crippen LogP contribution in [0.5, 0.6) is 0 Å². The molecule has 100 valence electrons. The normalized spacial score (nSPS) is 11.3. The molecule has 0 aliphatic heterocycles. The third-order valence-corrected chi connectivity index (χ3v) is 2.38. The summed E-state index contributed by atoms with van der Waals surface area (Å²) in [6.45, 7) is 4.34. The Bertz CT molecular complexity index is 365. The van der Waals surface area contributed by atoms with Gasteiger partial charge in [-0.3, -0.25) is 0 Å². The van der Waals surface area contributed by atoms with Crippen LogP contribution in [0.15, 0.2) is 24.4 Å². The highest BCUT2D eigenvalue weighted by atomic mass is 16.7. The number of carbonyl (C=O) groups excluding carboxylic acids is 1. The van der Waals surface area contributed by atoms with Gasteiger partial charge < -0.3 is 14.2 Å². The molecule has 0 aliphatic carbocycles. The molecular weight excluding hydrogens is 234 g/mol. The lowest BCUT2D eigenvalue weighted by molar-refractivity contribution is -0.121. The number of esters is 1. The fourth-order valence-electron chi connectivity index (χ4n) is 1.24. The van der Waals surface area contributed by atoms with Crippen LogP contribution in [-0.4, -0.2) is 37.1 Å². The Morgan fingerprint density at radius 1 is 1.39 bits per heavy atom. The molecule has 0 atom stereocenters. The molecule has 5 nitrogen and oxygen atoms in total. The smallest absolute Gasteiger partial charge is 0.356 e. The van der Waals surface area contributed by atoms with Gasteiger partial charge in [0.25, 0.3) is 0 Å². The molecule has 0 bridgehead atoms. The third kappa shape index (κ3) is 5.25. The van der Waals surface area contributed by atoms with Crippen LogP contribution in [0.3, 0.4) is 0 Å². The second-order valence-corrected chi connectivity index (χ2v) is 4.41. The zero-order valence-corrected chi connectivity index (χ0v) is 11.0. The van der Waals surface area contributed by atoms with E-state index in [-0.39, 0.29) is 19.0 Å². The van der Waals surface area contributed by atoms with Crippen LogP contribution in [-0.2, 0) is 14.2 Å². The van der Waals surface area contributed by atoms with Gasteiger partial charge in [0, 0.05) is 19.7 Å². The van der Waals surface area contributed by atoms with E-state index in [4.69, 9.17) is 14.2 Å². The van der Waals surface area contributed by atoms with E-state index in [1.165, 1.54) is 0 Å². The zero-order valence-electron chi connectivity index (χ0n) is 11.0. The number of carbonyl (C=O) groups is 1. The number of methoxy groups -OCH3 is 1. The number of rotatable bonds is 7. The van der Waals surface area contributed by atoms with E-state index in [1.807, 2.05) is 13.8 Å². The van der Waals surface area contributed by atoms with Crippen LogP contribution in [0.1, 0.15) is 30.8 Å². The summed E-state index contributed by atoms with van der Waals surface area (Å²) in [6.07, 6.45) is 2.15. The molecule has 18 heavy (non-hydrogen) atoms. The maximum Gasteiger partial charge on any atom is 0.356 e. The second-order valence-electron chi connectivity index (χ2n) is 4.41. The lowest BCUT2D eigenvalue weighted by Gasteiger charge is -2.24. The van der Waals surface area contributed by atoms with Gasteiger partial charge in [0.2, 0.25) is 0 Å². The maximum atomic E-state index is 11.6. The van der Waals surface area contributed by atoms with Crippen LogP contribution in [0.4, 0.5) is 0 Å².